The van der Waals surface area contributed by atoms with E-state index >= 15 is 0 Å². The third-order valence-corrected chi connectivity index (χ3v) is 4.53. The van der Waals surface area contributed by atoms with Gasteiger partial charge in [0.2, 0.25) is 5.82 Å². The van der Waals surface area contributed by atoms with E-state index in [2.05, 4.69) is 10.1 Å². The maximum absolute atomic E-state index is 12.2. The first-order valence-electron chi connectivity index (χ1n) is 8.61. The summed E-state index contributed by atoms with van der Waals surface area (Å²) in [4.78, 5) is 16.4. The fraction of sp³-hybridized carbons (Fsp3) is 0.190. The van der Waals surface area contributed by atoms with Crippen LogP contribution in [-0.2, 0) is 22.6 Å². The maximum Gasteiger partial charge on any atom is 0.310 e. The molecule has 2 aromatic heterocycles. The Labute approximate surface area is 155 Å². The molecule has 0 fully saturated rings. The molecule has 6 nitrogen and oxygen atoms in total. The Morgan fingerprint density at radius 2 is 1.93 bits per heavy atom. The van der Waals surface area contributed by atoms with Gasteiger partial charge in [-0.25, -0.2) is 0 Å². The molecular weight excluding hydrogens is 344 g/mol. The summed E-state index contributed by atoms with van der Waals surface area (Å²) in [7, 11) is 0. The minimum atomic E-state index is -0.379. The first-order valence-corrected chi connectivity index (χ1v) is 8.61. The van der Waals surface area contributed by atoms with Crippen molar-refractivity contribution in [3.63, 3.8) is 0 Å². The molecule has 0 bridgehead atoms. The second-order valence-corrected chi connectivity index (χ2v) is 6.36. The maximum atomic E-state index is 12.2. The molecule has 0 amide bonds. The highest BCUT2D eigenvalue weighted by atomic mass is 16.6. The van der Waals surface area contributed by atoms with Crippen LogP contribution in [0.15, 0.2) is 57.7 Å². The summed E-state index contributed by atoms with van der Waals surface area (Å²) in [5, 5.41) is 4.84. The van der Waals surface area contributed by atoms with Crippen LogP contribution in [0.5, 0.6) is 0 Å². The number of carbonyl (C=O) groups excluding carboxylic acids is 1. The number of rotatable bonds is 5. The van der Waals surface area contributed by atoms with Crippen LogP contribution in [0.3, 0.4) is 0 Å². The second kappa shape index (κ2) is 7.07. The topological polar surface area (TPSA) is 78.4 Å². The van der Waals surface area contributed by atoms with Gasteiger partial charge in [0.1, 0.15) is 5.58 Å². The van der Waals surface area contributed by atoms with Gasteiger partial charge >= 0.3 is 5.97 Å². The molecule has 0 aliphatic heterocycles. The molecule has 2 heterocycles. The number of benzene rings is 2. The van der Waals surface area contributed by atoms with Crippen LogP contribution in [0.1, 0.15) is 22.6 Å². The minimum Gasteiger partial charge on any atom is -0.464 e. The van der Waals surface area contributed by atoms with E-state index in [0.717, 1.165) is 33.2 Å². The van der Waals surface area contributed by atoms with Crippen molar-refractivity contribution in [3.8, 4) is 11.4 Å². The highest BCUT2D eigenvalue weighted by Crippen LogP contribution is 2.27. The Balaban J connectivity index is 1.41. The molecule has 0 radical (unpaired) electrons. The molecular formula is C21H18N2O4. The summed E-state index contributed by atoms with van der Waals surface area (Å²) in [6.07, 6.45) is 1.73. The predicted octanol–water partition coefficient (Wildman–Crippen LogP) is 4.39. The minimum absolute atomic E-state index is 0.0629. The van der Waals surface area contributed by atoms with Gasteiger partial charge in [-0.05, 0) is 25.0 Å². The lowest BCUT2D eigenvalue weighted by molar-refractivity contribution is -0.144. The van der Waals surface area contributed by atoms with Crippen LogP contribution in [0.2, 0.25) is 0 Å². The molecule has 0 aliphatic carbocycles. The van der Waals surface area contributed by atoms with Gasteiger partial charge in [0.05, 0.1) is 12.7 Å². The Kier molecular flexibility index (Phi) is 4.46. The van der Waals surface area contributed by atoms with Crippen molar-refractivity contribution in [3.05, 3.63) is 71.3 Å². The number of hydrogen-bond acceptors (Lipinski definition) is 6. The van der Waals surface area contributed by atoms with Crippen LogP contribution in [0.4, 0.5) is 0 Å². The molecule has 0 N–H and O–H groups in total. The summed E-state index contributed by atoms with van der Waals surface area (Å²) in [6.45, 7) is 3.97. The van der Waals surface area contributed by atoms with Gasteiger partial charge in [0.15, 0.2) is 6.61 Å². The second-order valence-electron chi connectivity index (χ2n) is 6.36. The number of carbonyl (C=O) groups is 1. The summed E-state index contributed by atoms with van der Waals surface area (Å²) in [5.41, 5.74) is 4.67. The fourth-order valence-electron chi connectivity index (χ4n) is 2.89. The monoisotopic (exact) mass is 362 g/mol. The lowest BCUT2D eigenvalue weighted by Gasteiger charge is -2.02. The highest BCUT2D eigenvalue weighted by molar-refractivity contribution is 5.88. The number of nitrogens with zero attached hydrogens (tertiary/aromatic N) is 2. The van der Waals surface area contributed by atoms with E-state index in [0.29, 0.717) is 5.82 Å². The smallest absolute Gasteiger partial charge is 0.310 e. The van der Waals surface area contributed by atoms with E-state index in [1.165, 1.54) is 0 Å². The quantitative estimate of drug-likeness (QED) is 0.490. The first-order chi connectivity index (χ1) is 13.1. The van der Waals surface area contributed by atoms with Gasteiger partial charge in [-0.1, -0.05) is 47.6 Å². The van der Waals surface area contributed by atoms with Crippen LogP contribution >= 0.6 is 0 Å². The van der Waals surface area contributed by atoms with Crippen molar-refractivity contribution >= 4 is 16.9 Å². The normalized spacial score (nSPS) is 11.0. The third kappa shape index (κ3) is 3.46. The number of fused-ring (bicyclic) bond motifs is 1. The number of hydrogen-bond donors (Lipinski definition) is 0. The Bertz CT molecular complexity index is 1100. The lowest BCUT2D eigenvalue weighted by atomic mass is 10.0. The van der Waals surface area contributed by atoms with Gasteiger partial charge in [0.25, 0.3) is 5.89 Å². The molecule has 136 valence electrons. The van der Waals surface area contributed by atoms with Crippen molar-refractivity contribution in [1.82, 2.24) is 10.1 Å². The van der Waals surface area contributed by atoms with Crippen molar-refractivity contribution in [2.75, 3.05) is 0 Å². The highest BCUT2D eigenvalue weighted by Gasteiger charge is 2.15. The van der Waals surface area contributed by atoms with Gasteiger partial charge < -0.3 is 13.7 Å². The molecule has 4 rings (SSSR count). The molecule has 0 spiro atoms. The Morgan fingerprint density at radius 3 is 2.74 bits per heavy atom. The van der Waals surface area contributed by atoms with Crippen molar-refractivity contribution < 1.29 is 18.5 Å². The number of aromatic nitrogens is 2. The standard InChI is InChI=1S/C21H18N2O4/c1-13-8-9-17-16(11-26-20(17)14(13)2)10-19(24)25-12-18-22-21(23-27-18)15-6-4-3-5-7-15/h3-9,11H,10,12H2,1-2H3. The van der Waals surface area contributed by atoms with Crippen LogP contribution in [-0.4, -0.2) is 16.1 Å². The van der Waals surface area contributed by atoms with Gasteiger partial charge in [0, 0.05) is 16.5 Å². The van der Waals surface area contributed by atoms with E-state index in [4.69, 9.17) is 13.7 Å². The average Bonchev–Trinajstić information content (AvgIpc) is 3.31. The van der Waals surface area contributed by atoms with Crippen molar-refractivity contribution in [1.29, 1.82) is 0 Å². The summed E-state index contributed by atoms with van der Waals surface area (Å²) in [6, 6.07) is 13.4. The van der Waals surface area contributed by atoms with Crippen molar-refractivity contribution in [2.24, 2.45) is 0 Å². The molecule has 6 heteroatoms. The van der Waals surface area contributed by atoms with Crippen molar-refractivity contribution in [2.45, 2.75) is 26.9 Å². The summed E-state index contributed by atoms with van der Waals surface area (Å²) < 4.78 is 16.1. The molecule has 0 saturated heterocycles. The Hall–Kier alpha value is -3.41. The van der Waals surface area contributed by atoms with Crippen LogP contribution < -0.4 is 0 Å². The fourth-order valence-corrected chi connectivity index (χ4v) is 2.89. The van der Waals surface area contributed by atoms with E-state index in [9.17, 15) is 4.79 Å². The molecule has 4 aromatic rings. The number of furan rings is 1. The van der Waals surface area contributed by atoms with E-state index in [-0.39, 0.29) is 24.9 Å². The van der Waals surface area contributed by atoms with E-state index in [1.807, 2.05) is 56.3 Å². The molecule has 27 heavy (non-hydrogen) atoms. The summed E-state index contributed by atoms with van der Waals surface area (Å²) in [5.74, 6) is 0.342. The summed E-state index contributed by atoms with van der Waals surface area (Å²) >= 11 is 0. The van der Waals surface area contributed by atoms with E-state index < -0.39 is 0 Å². The van der Waals surface area contributed by atoms with Crippen LogP contribution in [0, 0.1) is 13.8 Å². The third-order valence-electron chi connectivity index (χ3n) is 4.53. The number of aryl methyl sites for hydroxylation is 2. The van der Waals surface area contributed by atoms with Gasteiger partial charge in [-0.3, -0.25) is 4.79 Å². The number of esters is 1. The zero-order valence-corrected chi connectivity index (χ0v) is 15.1. The van der Waals surface area contributed by atoms with Gasteiger partial charge in [-0.2, -0.15) is 4.98 Å². The zero-order valence-electron chi connectivity index (χ0n) is 15.1. The largest absolute Gasteiger partial charge is 0.464 e. The average molecular weight is 362 g/mol. The number of ether oxygens (including phenoxy) is 1. The SMILES string of the molecule is Cc1ccc2c(CC(=O)OCc3nc(-c4ccccc4)no3)coc2c1C. The molecule has 0 atom stereocenters. The zero-order chi connectivity index (χ0) is 18.8. The van der Waals surface area contributed by atoms with Crippen LogP contribution in [0.25, 0.3) is 22.4 Å². The predicted molar refractivity (Wildman–Crippen MR) is 98.9 cm³/mol. The molecule has 0 saturated carbocycles. The molecule has 2 aromatic carbocycles. The Morgan fingerprint density at radius 1 is 1.11 bits per heavy atom. The molecule has 0 unspecified atom stereocenters. The van der Waals surface area contributed by atoms with Gasteiger partial charge in [-0.15, -0.1) is 0 Å². The first kappa shape index (κ1) is 17.0. The lowest BCUT2D eigenvalue weighted by Crippen LogP contribution is -2.08. The van der Waals surface area contributed by atoms with E-state index in [1.54, 1.807) is 6.26 Å². The molecule has 0 aliphatic rings.